The summed E-state index contributed by atoms with van der Waals surface area (Å²) in [6.45, 7) is 4.34. The van der Waals surface area contributed by atoms with E-state index in [0.29, 0.717) is 17.3 Å². The molecule has 0 aliphatic carbocycles. The van der Waals surface area contributed by atoms with Gasteiger partial charge in [0, 0.05) is 17.8 Å². The van der Waals surface area contributed by atoms with Gasteiger partial charge in [0.2, 0.25) is 0 Å². The number of hydrogen-bond donors (Lipinski definition) is 1. The lowest BCUT2D eigenvalue weighted by molar-refractivity contribution is 0.0950. The van der Waals surface area contributed by atoms with Gasteiger partial charge in [-0.3, -0.25) is 4.79 Å². The van der Waals surface area contributed by atoms with Crippen LogP contribution < -0.4 is 5.32 Å². The molecular weight excluding hydrogens is 260 g/mol. The molecule has 0 unspecified atom stereocenters. The Morgan fingerprint density at radius 1 is 1.21 bits per heavy atom. The van der Waals surface area contributed by atoms with Crippen molar-refractivity contribution >= 4 is 17.5 Å². The third-order valence-corrected chi connectivity index (χ3v) is 2.95. The number of aromatic nitrogens is 1. The van der Waals surface area contributed by atoms with Crippen molar-refractivity contribution in [3.63, 3.8) is 0 Å². The van der Waals surface area contributed by atoms with Crippen LogP contribution in [0.5, 0.6) is 0 Å². The maximum absolute atomic E-state index is 12.0. The fourth-order valence-electron chi connectivity index (χ4n) is 1.75. The highest BCUT2D eigenvalue weighted by Crippen LogP contribution is 2.10. The highest BCUT2D eigenvalue weighted by atomic mass is 35.5. The number of benzene rings is 1. The van der Waals surface area contributed by atoms with Crippen molar-refractivity contribution in [2.45, 2.75) is 20.4 Å². The molecule has 2 aromatic rings. The maximum Gasteiger partial charge on any atom is 0.251 e. The molecule has 1 aromatic carbocycles. The lowest BCUT2D eigenvalue weighted by Gasteiger charge is -2.06. The van der Waals surface area contributed by atoms with Gasteiger partial charge in [-0.25, -0.2) is 4.98 Å². The second kappa shape index (κ2) is 5.85. The molecule has 0 saturated heterocycles. The van der Waals surface area contributed by atoms with Crippen LogP contribution in [-0.2, 0) is 6.54 Å². The van der Waals surface area contributed by atoms with Crippen molar-refractivity contribution in [1.29, 1.82) is 0 Å². The molecule has 2 rings (SSSR count). The molecule has 0 fully saturated rings. The molecule has 0 spiro atoms. The largest absolute Gasteiger partial charge is 0.348 e. The van der Waals surface area contributed by atoms with E-state index >= 15 is 0 Å². The Bertz CT molecular complexity index is 573. The normalized spacial score (nSPS) is 10.3. The van der Waals surface area contributed by atoms with Gasteiger partial charge in [0.15, 0.2) is 0 Å². The number of rotatable bonds is 3. The smallest absolute Gasteiger partial charge is 0.251 e. The number of carbonyl (C=O) groups is 1. The zero-order chi connectivity index (χ0) is 13.8. The van der Waals surface area contributed by atoms with Gasteiger partial charge < -0.3 is 5.32 Å². The van der Waals surface area contributed by atoms with Gasteiger partial charge in [-0.05, 0) is 31.5 Å². The monoisotopic (exact) mass is 274 g/mol. The summed E-state index contributed by atoms with van der Waals surface area (Å²) in [5.74, 6) is -0.145. The van der Waals surface area contributed by atoms with E-state index in [-0.39, 0.29) is 5.91 Å². The van der Waals surface area contributed by atoms with Crippen LogP contribution in [0.2, 0.25) is 5.15 Å². The Hall–Kier alpha value is -1.87. The summed E-state index contributed by atoms with van der Waals surface area (Å²) in [6.07, 6.45) is 0. The van der Waals surface area contributed by atoms with E-state index in [1.807, 2.05) is 38.1 Å². The molecule has 1 heterocycles. The molecule has 0 saturated carbocycles. The van der Waals surface area contributed by atoms with Crippen LogP contribution in [0.3, 0.4) is 0 Å². The minimum Gasteiger partial charge on any atom is -0.348 e. The highest BCUT2D eigenvalue weighted by molar-refractivity contribution is 6.29. The van der Waals surface area contributed by atoms with Crippen molar-refractivity contribution in [1.82, 2.24) is 10.3 Å². The fraction of sp³-hybridized carbons (Fsp3) is 0.200. The summed E-state index contributed by atoms with van der Waals surface area (Å²) in [5, 5.41) is 3.20. The first-order valence-electron chi connectivity index (χ1n) is 6.02. The first-order chi connectivity index (χ1) is 9.04. The van der Waals surface area contributed by atoms with Gasteiger partial charge in [0.1, 0.15) is 5.15 Å². The quantitative estimate of drug-likeness (QED) is 0.873. The molecule has 1 amide bonds. The number of hydrogen-bond acceptors (Lipinski definition) is 2. The predicted molar refractivity (Wildman–Crippen MR) is 76.3 cm³/mol. The van der Waals surface area contributed by atoms with Crippen molar-refractivity contribution in [2.75, 3.05) is 0 Å². The Morgan fingerprint density at radius 3 is 2.53 bits per heavy atom. The van der Waals surface area contributed by atoms with E-state index in [2.05, 4.69) is 10.3 Å². The number of nitrogens with one attached hydrogen (secondary N) is 1. The summed E-state index contributed by atoms with van der Waals surface area (Å²) < 4.78 is 0. The lowest BCUT2D eigenvalue weighted by Crippen LogP contribution is -2.23. The lowest BCUT2D eigenvalue weighted by atomic mass is 10.1. The molecular formula is C15H15ClN2O. The molecule has 0 bridgehead atoms. The van der Waals surface area contributed by atoms with Gasteiger partial charge in [-0.2, -0.15) is 0 Å². The minimum atomic E-state index is -0.145. The summed E-state index contributed by atoms with van der Waals surface area (Å²) in [7, 11) is 0. The molecule has 3 nitrogen and oxygen atoms in total. The summed E-state index contributed by atoms with van der Waals surface area (Å²) in [4.78, 5) is 16.0. The molecule has 1 N–H and O–H groups in total. The molecule has 19 heavy (non-hydrogen) atoms. The van der Waals surface area contributed by atoms with E-state index in [9.17, 15) is 4.79 Å². The molecule has 0 atom stereocenters. The Labute approximate surface area is 117 Å². The van der Waals surface area contributed by atoms with E-state index in [1.165, 1.54) is 5.56 Å². The van der Waals surface area contributed by atoms with Gasteiger partial charge in [-0.15, -0.1) is 0 Å². The third kappa shape index (κ3) is 3.80. The van der Waals surface area contributed by atoms with Crippen LogP contribution in [-0.4, -0.2) is 10.9 Å². The van der Waals surface area contributed by atoms with Crippen molar-refractivity contribution in [3.8, 4) is 0 Å². The van der Waals surface area contributed by atoms with Gasteiger partial charge >= 0.3 is 0 Å². The van der Waals surface area contributed by atoms with Crippen molar-refractivity contribution in [2.24, 2.45) is 0 Å². The topological polar surface area (TPSA) is 42.0 Å². The third-order valence-electron chi connectivity index (χ3n) is 2.76. The number of halogens is 1. The first-order valence-corrected chi connectivity index (χ1v) is 6.40. The molecule has 0 radical (unpaired) electrons. The van der Waals surface area contributed by atoms with Crippen LogP contribution in [0.4, 0.5) is 0 Å². The Morgan fingerprint density at radius 2 is 1.89 bits per heavy atom. The van der Waals surface area contributed by atoms with E-state index in [0.717, 1.165) is 11.3 Å². The molecule has 98 valence electrons. The SMILES string of the molecule is Cc1ccc(CNC(=O)c2cc(C)nc(Cl)c2)cc1. The van der Waals surface area contributed by atoms with E-state index in [1.54, 1.807) is 12.1 Å². The van der Waals surface area contributed by atoms with Crippen LogP contribution in [0.15, 0.2) is 36.4 Å². The highest BCUT2D eigenvalue weighted by Gasteiger charge is 2.07. The second-order valence-electron chi connectivity index (χ2n) is 4.49. The minimum absolute atomic E-state index is 0.145. The van der Waals surface area contributed by atoms with Crippen molar-refractivity contribution in [3.05, 3.63) is 63.9 Å². The second-order valence-corrected chi connectivity index (χ2v) is 4.88. The van der Waals surface area contributed by atoms with Crippen LogP contribution >= 0.6 is 11.6 Å². The van der Waals surface area contributed by atoms with Gasteiger partial charge in [-0.1, -0.05) is 41.4 Å². The van der Waals surface area contributed by atoms with Gasteiger partial charge in [0.25, 0.3) is 5.91 Å². The average Bonchev–Trinajstić information content (AvgIpc) is 2.36. The zero-order valence-electron chi connectivity index (χ0n) is 10.9. The average molecular weight is 275 g/mol. The molecule has 4 heteroatoms. The fourth-order valence-corrected chi connectivity index (χ4v) is 2.00. The summed E-state index contributed by atoms with van der Waals surface area (Å²) >= 11 is 5.84. The number of amides is 1. The molecule has 0 aliphatic rings. The van der Waals surface area contributed by atoms with Crippen LogP contribution in [0, 0.1) is 13.8 Å². The standard InChI is InChI=1S/C15H15ClN2O/c1-10-3-5-12(6-4-10)9-17-15(19)13-7-11(2)18-14(16)8-13/h3-8H,9H2,1-2H3,(H,17,19). The summed E-state index contributed by atoms with van der Waals surface area (Å²) in [5.41, 5.74) is 3.53. The maximum atomic E-state index is 12.0. The van der Waals surface area contributed by atoms with E-state index < -0.39 is 0 Å². The number of aryl methyl sites for hydroxylation is 2. The first kappa shape index (κ1) is 13.6. The predicted octanol–water partition coefficient (Wildman–Crippen LogP) is 3.28. The number of nitrogens with zero attached hydrogens (tertiary/aromatic N) is 1. The Kier molecular flexibility index (Phi) is 4.17. The number of carbonyl (C=O) groups excluding carboxylic acids is 1. The summed E-state index contributed by atoms with van der Waals surface area (Å²) in [6, 6.07) is 11.3. The zero-order valence-corrected chi connectivity index (χ0v) is 11.7. The van der Waals surface area contributed by atoms with Crippen LogP contribution in [0.1, 0.15) is 27.2 Å². The van der Waals surface area contributed by atoms with Crippen molar-refractivity contribution < 1.29 is 4.79 Å². The van der Waals surface area contributed by atoms with E-state index in [4.69, 9.17) is 11.6 Å². The molecule has 1 aromatic heterocycles. The number of pyridine rings is 1. The Balaban J connectivity index is 2.03. The molecule has 0 aliphatic heterocycles. The van der Waals surface area contributed by atoms with Gasteiger partial charge in [0.05, 0.1) is 0 Å². The van der Waals surface area contributed by atoms with Crippen LogP contribution in [0.25, 0.3) is 0 Å².